The van der Waals surface area contributed by atoms with Crippen LogP contribution in [0.25, 0.3) is 16.6 Å². The minimum absolute atomic E-state index is 0.264. The van der Waals surface area contributed by atoms with Gasteiger partial charge in [-0.25, -0.2) is 4.79 Å². The van der Waals surface area contributed by atoms with Crippen molar-refractivity contribution in [2.75, 3.05) is 12.4 Å². The maximum absolute atomic E-state index is 12.6. The molecular weight excluding hydrogens is 274 g/mol. The van der Waals surface area contributed by atoms with Crippen LogP contribution in [0.5, 0.6) is 0 Å². The predicted octanol–water partition coefficient (Wildman–Crippen LogP) is 3.30. The summed E-state index contributed by atoms with van der Waals surface area (Å²) in [5, 5.41) is 3.96. The van der Waals surface area contributed by atoms with Gasteiger partial charge in [0.2, 0.25) is 0 Å². The molecule has 2 aromatic carbocycles. The minimum Gasteiger partial charge on any atom is -0.372 e. The SMILES string of the molecule is CCc1ccc2c(NC)nc(=O)n(-c3ccccc3C)c2c1. The van der Waals surface area contributed by atoms with Crippen molar-refractivity contribution in [3.8, 4) is 5.69 Å². The monoisotopic (exact) mass is 293 g/mol. The summed E-state index contributed by atoms with van der Waals surface area (Å²) in [6.45, 7) is 4.11. The molecule has 1 heterocycles. The van der Waals surface area contributed by atoms with E-state index < -0.39 is 0 Å². The number of rotatable bonds is 3. The van der Waals surface area contributed by atoms with Gasteiger partial charge < -0.3 is 5.32 Å². The maximum Gasteiger partial charge on any atom is 0.354 e. The average Bonchev–Trinajstić information content (AvgIpc) is 2.54. The lowest BCUT2D eigenvalue weighted by Gasteiger charge is -2.15. The fourth-order valence-corrected chi connectivity index (χ4v) is 2.73. The Morgan fingerprint density at radius 1 is 1.18 bits per heavy atom. The van der Waals surface area contributed by atoms with E-state index in [-0.39, 0.29) is 5.69 Å². The smallest absolute Gasteiger partial charge is 0.354 e. The van der Waals surface area contributed by atoms with E-state index in [1.165, 1.54) is 5.56 Å². The van der Waals surface area contributed by atoms with Crippen LogP contribution in [0.15, 0.2) is 47.3 Å². The first kappa shape index (κ1) is 14.3. The van der Waals surface area contributed by atoms with Gasteiger partial charge in [0.15, 0.2) is 0 Å². The van der Waals surface area contributed by atoms with Crippen molar-refractivity contribution in [1.29, 1.82) is 0 Å². The maximum atomic E-state index is 12.6. The number of aryl methyl sites for hydroxylation is 2. The number of fused-ring (bicyclic) bond motifs is 1. The standard InChI is InChI=1S/C18H19N3O/c1-4-13-9-10-14-16(11-13)21(18(22)20-17(14)19-3)15-8-6-5-7-12(15)2/h5-11H,4H2,1-3H3,(H,19,20,22). The summed E-state index contributed by atoms with van der Waals surface area (Å²) in [5.41, 5.74) is 3.74. The molecule has 0 amide bonds. The summed E-state index contributed by atoms with van der Waals surface area (Å²) in [6.07, 6.45) is 0.926. The van der Waals surface area contributed by atoms with Crippen molar-refractivity contribution in [2.45, 2.75) is 20.3 Å². The lowest BCUT2D eigenvalue weighted by atomic mass is 10.1. The fourth-order valence-electron chi connectivity index (χ4n) is 2.73. The normalized spacial score (nSPS) is 10.9. The van der Waals surface area contributed by atoms with E-state index in [9.17, 15) is 4.79 Å². The molecule has 0 aliphatic rings. The van der Waals surface area contributed by atoms with Gasteiger partial charge in [0.1, 0.15) is 5.82 Å². The molecule has 0 radical (unpaired) electrons. The fraction of sp³-hybridized carbons (Fsp3) is 0.222. The highest BCUT2D eigenvalue weighted by molar-refractivity contribution is 5.90. The van der Waals surface area contributed by atoms with Crippen molar-refractivity contribution in [3.63, 3.8) is 0 Å². The minimum atomic E-state index is -0.264. The number of anilines is 1. The van der Waals surface area contributed by atoms with Crippen LogP contribution in [-0.4, -0.2) is 16.6 Å². The molecule has 4 nitrogen and oxygen atoms in total. The Hall–Kier alpha value is -2.62. The molecule has 0 bridgehead atoms. The quantitative estimate of drug-likeness (QED) is 0.806. The van der Waals surface area contributed by atoms with Crippen LogP contribution in [0.2, 0.25) is 0 Å². The third-order valence-electron chi connectivity index (χ3n) is 3.96. The molecule has 3 rings (SSSR count). The highest BCUT2D eigenvalue weighted by atomic mass is 16.1. The van der Waals surface area contributed by atoms with Crippen LogP contribution in [0, 0.1) is 6.92 Å². The molecule has 4 heteroatoms. The average molecular weight is 293 g/mol. The highest BCUT2D eigenvalue weighted by Crippen LogP contribution is 2.24. The van der Waals surface area contributed by atoms with Gasteiger partial charge in [-0.3, -0.25) is 4.57 Å². The van der Waals surface area contributed by atoms with Gasteiger partial charge in [-0.1, -0.05) is 31.2 Å². The van der Waals surface area contributed by atoms with Gasteiger partial charge in [-0.15, -0.1) is 0 Å². The second-order valence-corrected chi connectivity index (χ2v) is 5.32. The number of hydrogen-bond acceptors (Lipinski definition) is 3. The molecule has 112 valence electrons. The zero-order valence-corrected chi connectivity index (χ0v) is 13.1. The number of hydrogen-bond donors (Lipinski definition) is 1. The van der Waals surface area contributed by atoms with E-state index in [0.29, 0.717) is 5.82 Å². The second-order valence-electron chi connectivity index (χ2n) is 5.32. The molecular formula is C18H19N3O. The predicted molar refractivity (Wildman–Crippen MR) is 91.0 cm³/mol. The Kier molecular flexibility index (Phi) is 3.67. The number of aromatic nitrogens is 2. The molecule has 0 saturated carbocycles. The lowest BCUT2D eigenvalue weighted by molar-refractivity contribution is 0.950. The number of benzene rings is 2. The Balaban J connectivity index is 2.46. The molecule has 0 atom stereocenters. The van der Waals surface area contributed by atoms with Crippen LogP contribution < -0.4 is 11.0 Å². The zero-order chi connectivity index (χ0) is 15.7. The van der Waals surface area contributed by atoms with Gasteiger partial charge in [0, 0.05) is 12.4 Å². The van der Waals surface area contributed by atoms with Gasteiger partial charge in [-0.05, 0) is 42.7 Å². The summed E-state index contributed by atoms with van der Waals surface area (Å²) in [4.78, 5) is 16.8. The molecule has 22 heavy (non-hydrogen) atoms. The molecule has 1 aromatic heterocycles. The van der Waals surface area contributed by atoms with E-state index in [2.05, 4.69) is 29.4 Å². The third kappa shape index (κ3) is 2.26. The summed E-state index contributed by atoms with van der Waals surface area (Å²) in [6, 6.07) is 14.1. The van der Waals surface area contributed by atoms with Gasteiger partial charge in [0.25, 0.3) is 0 Å². The molecule has 0 fully saturated rings. The second kappa shape index (κ2) is 5.64. The Morgan fingerprint density at radius 2 is 1.95 bits per heavy atom. The van der Waals surface area contributed by atoms with Gasteiger partial charge >= 0.3 is 5.69 Å². The van der Waals surface area contributed by atoms with Crippen molar-refractivity contribution in [2.24, 2.45) is 0 Å². The van der Waals surface area contributed by atoms with E-state index >= 15 is 0 Å². The van der Waals surface area contributed by atoms with Crippen molar-refractivity contribution in [1.82, 2.24) is 9.55 Å². The van der Waals surface area contributed by atoms with Crippen molar-refractivity contribution in [3.05, 3.63) is 64.1 Å². The molecule has 0 spiro atoms. The van der Waals surface area contributed by atoms with E-state index in [0.717, 1.165) is 28.6 Å². The first-order valence-electron chi connectivity index (χ1n) is 7.45. The van der Waals surface area contributed by atoms with E-state index in [4.69, 9.17) is 0 Å². The molecule has 0 unspecified atom stereocenters. The van der Waals surface area contributed by atoms with Crippen LogP contribution in [0.4, 0.5) is 5.82 Å². The summed E-state index contributed by atoms with van der Waals surface area (Å²) in [5.74, 6) is 0.618. The third-order valence-corrected chi connectivity index (χ3v) is 3.96. The Morgan fingerprint density at radius 3 is 2.64 bits per heavy atom. The van der Waals surface area contributed by atoms with E-state index in [1.807, 2.05) is 37.3 Å². The highest BCUT2D eigenvalue weighted by Gasteiger charge is 2.12. The Bertz CT molecular complexity index is 896. The Labute approximate surface area is 129 Å². The zero-order valence-electron chi connectivity index (χ0n) is 13.1. The molecule has 1 N–H and O–H groups in total. The van der Waals surface area contributed by atoms with Crippen LogP contribution in [-0.2, 0) is 6.42 Å². The number of para-hydroxylation sites is 1. The largest absolute Gasteiger partial charge is 0.372 e. The van der Waals surface area contributed by atoms with Gasteiger partial charge in [0.05, 0.1) is 11.2 Å². The molecule has 0 saturated heterocycles. The van der Waals surface area contributed by atoms with Crippen LogP contribution >= 0.6 is 0 Å². The summed E-state index contributed by atoms with van der Waals surface area (Å²) in [7, 11) is 1.78. The van der Waals surface area contributed by atoms with Crippen LogP contribution in [0.3, 0.4) is 0 Å². The van der Waals surface area contributed by atoms with E-state index in [1.54, 1.807) is 11.6 Å². The van der Waals surface area contributed by atoms with Crippen molar-refractivity contribution >= 4 is 16.7 Å². The van der Waals surface area contributed by atoms with Crippen molar-refractivity contribution < 1.29 is 0 Å². The molecule has 0 aliphatic heterocycles. The molecule has 0 aliphatic carbocycles. The molecule has 3 aromatic rings. The first-order valence-corrected chi connectivity index (χ1v) is 7.45. The summed E-state index contributed by atoms with van der Waals surface area (Å²) < 4.78 is 1.70. The number of nitrogens with one attached hydrogen (secondary N) is 1. The van der Waals surface area contributed by atoms with Gasteiger partial charge in [-0.2, -0.15) is 4.98 Å². The topological polar surface area (TPSA) is 46.9 Å². The first-order chi connectivity index (χ1) is 10.7. The lowest BCUT2D eigenvalue weighted by Crippen LogP contribution is -2.23. The van der Waals surface area contributed by atoms with Crippen LogP contribution in [0.1, 0.15) is 18.1 Å². The summed E-state index contributed by atoms with van der Waals surface area (Å²) >= 11 is 0. The number of nitrogens with zero attached hydrogens (tertiary/aromatic N) is 2.